The first-order chi connectivity index (χ1) is 13.1. The number of hydrogen-bond donors (Lipinski definition) is 1. The highest BCUT2D eigenvalue weighted by Crippen LogP contribution is 2.37. The fraction of sp³-hybridized carbons (Fsp3) is 0.316. The summed E-state index contributed by atoms with van der Waals surface area (Å²) in [5, 5.41) is 12.5. The largest absolute Gasteiger partial charge is 0.482 e. The average Bonchev–Trinajstić information content (AvgIpc) is 3.01. The molecule has 0 saturated carbocycles. The van der Waals surface area contributed by atoms with Crippen molar-refractivity contribution in [1.82, 2.24) is 0 Å². The lowest BCUT2D eigenvalue weighted by atomic mass is 9.96. The summed E-state index contributed by atoms with van der Waals surface area (Å²) in [5.41, 5.74) is 1.52. The molecule has 1 aromatic heterocycles. The molecule has 1 heterocycles. The number of nitriles is 1. The summed E-state index contributed by atoms with van der Waals surface area (Å²) in [7, 11) is 0. The van der Waals surface area contributed by atoms with Gasteiger partial charge in [-0.3, -0.25) is 4.79 Å². The molecule has 1 aliphatic carbocycles. The number of nitrogens with one attached hydrogen (secondary N) is 1. The third-order valence-corrected chi connectivity index (χ3v) is 5.26. The highest BCUT2D eigenvalue weighted by molar-refractivity contribution is 7.16. The van der Waals surface area contributed by atoms with Crippen molar-refractivity contribution in [3.63, 3.8) is 0 Å². The van der Waals surface area contributed by atoms with Gasteiger partial charge in [-0.15, -0.1) is 11.3 Å². The van der Waals surface area contributed by atoms with E-state index in [0.29, 0.717) is 10.6 Å². The Balaban J connectivity index is 1.49. The fourth-order valence-corrected chi connectivity index (χ4v) is 4.08. The normalized spacial score (nSPS) is 12.6. The maximum Gasteiger partial charge on any atom is 0.344 e. The zero-order chi connectivity index (χ0) is 19.2. The van der Waals surface area contributed by atoms with Crippen LogP contribution in [-0.4, -0.2) is 25.1 Å². The summed E-state index contributed by atoms with van der Waals surface area (Å²) < 4.78 is 23.0. The number of esters is 1. The molecule has 0 bridgehead atoms. The molecule has 0 unspecified atom stereocenters. The molecule has 8 heteroatoms. The number of halogens is 1. The van der Waals surface area contributed by atoms with E-state index in [2.05, 4.69) is 11.4 Å². The van der Waals surface area contributed by atoms with Crippen LogP contribution in [0.1, 0.15) is 28.8 Å². The molecule has 1 aliphatic rings. The Hall–Kier alpha value is -2.92. The number of nitrogens with zero attached hydrogens (tertiary/aromatic N) is 1. The molecule has 1 aromatic carbocycles. The highest BCUT2D eigenvalue weighted by atomic mass is 32.1. The summed E-state index contributed by atoms with van der Waals surface area (Å²) in [6, 6.07) is 7.51. The van der Waals surface area contributed by atoms with E-state index < -0.39 is 30.9 Å². The summed E-state index contributed by atoms with van der Waals surface area (Å²) in [4.78, 5) is 24.8. The van der Waals surface area contributed by atoms with Crippen molar-refractivity contribution in [3.05, 3.63) is 46.1 Å². The van der Waals surface area contributed by atoms with Crippen molar-refractivity contribution in [2.24, 2.45) is 0 Å². The van der Waals surface area contributed by atoms with Crippen LogP contribution in [-0.2, 0) is 27.2 Å². The van der Waals surface area contributed by atoms with Crippen molar-refractivity contribution in [3.8, 4) is 11.8 Å². The van der Waals surface area contributed by atoms with Gasteiger partial charge in [-0.05, 0) is 43.4 Å². The summed E-state index contributed by atoms with van der Waals surface area (Å²) in [5.74, 6) is -1.56. The van der Waals surface area contributed by atoms with Crippen LogP contribution in [0.5, 0.6) is 5.75 Å². The first-order valence-corrected chi connectivity index (χ1v) is 9.27. The van der Waals surface area contributed by atoms with Gasteiger partial charge < -0.3 is 14.8 Å². The molecule has 3 rings (SSSR count). The second-order valence-electron chi connectivity index (χ2n) is 5.98. The van der Waals surface area contributed by atoms with Crippen LogP contribution < -0.4 is 10.1 Å². The Morgan fingerprint density at radius 2 is 2.07 bits per heavy atom. The van der Waals surface area contributed by atoms with Crippen LogP contribution in [0.2, 0.25) is 0 Å². The molecule has 0 radical (unpaired) electrons. The van der Waals surface area contributed by atoms with Gasteiger partial charge in [0.1, 0.15) is 22.6 Å². The Morgan fingerprint density at radius 1 is 1.26 bits per heavy atom. The maximum absolute atomic E-state index is 13.0. The SMILES string of the molecule is N#Cc1c(NC(=O)COC(=O)COc2cccc(F)c2)sc2c1CCCC2. The number of anilines is 1. The molecule has 0 aliphatic heterocycles. The first kappa shape index (κ1) is 18.9. The molecule has 6 nitrogen and oxygen atoms in total. The minimum atomic E-state index is -0.750. The number of amides is 1. The summed E-state index contributed by atoms with van der Waals surface area (Å²) in [6.07, 6.45) is 3.87. The van der Waals surface area contributed by atoms with Gasteiger partial charge in [0.25, 0.3) is 5.91 Å². The molecular formula is C19H17FN2O4S. The smallest absolute Gasteiger partial charge is 0.344 e. The van der Waals surface area contributed by atoms with Crippen LogP contribution in [0, 0.1) is 17.1 Å². The van der Waals surface area contributed by atoms with Gasteiger partial charge in [-0.25, -0.2) is 9.18 Å². The van der Waals surface area contributed by atoms with Gasteiger partial charge in [0.05, 0.1) is 5.56 Å². The number of aryl methyl sites for hydroxylation is 1. The number of thiophene rings is 1. The number of fused-ring (bicyclic) bond motifs is 1. The molecule has 140 valence electrons. The molecule has 0 saturated heterocycles. The quantitative estimate of drug-likeness (QED) is 0.768. The number of rotatable bonds is 6. The van der Waals surface area contributed by atoms with Crippen LogP contribution >= 0.6 is 11.3 Å². The third-order valence-electron chi connectivity index (χ3n) is 4.05. The van der Waals surface area contributed by atoms with Crippen molar-refractivity contribution < 1.29 is 23.5 Å². The summed E-state index contributed by atoms with van der Waals surface area (Å²) in [6.45, 7) is -0.924. The number of benzene rings is 1. The number of carbonyl (C=O) groups excluding carboxylic acids is 2. The molecule has 27 heavy (non-hydrogen) atoms. The lowest BCUT2D eigenvalue weighted by Gasteiger charge is -2.09. The van der Waals surface area contributed by atoms with E-state index in [-0.39, 0.29) is 5.75 Å². The van der Waals surface area contributed by atoms with E-state index in [0.717, 1.165) is 42.2 Å². The minimum absolute atomic E-state index is 0.194. The van der Waals surface area contributed by atoms with Gasteiger partial charge in [-0.2, -0.15) is 5.26 Å². The van der Waals surface area contributed by atoms with Crippen molar-refractivity contribution >= 4 is 28.2 Å². The Kier molecular flexibility index (Phi) is 6.04. The number of carbonyl (C=O) groups is 2. The number of ether oxygens (including phenoxy) is 2. The highest BCUT2D eigenvalue weighted by Gasteiger charge is 2.22. The zero-order valence-electron chi connectivity index (χ0n) is 14.4. The molecule has 1 amide bonds. The van der Waals surface area contributed by atoms with Crippen molar-refractivity contribution in [2.45, 2.75) is 25.7 Å². The van der Waals surface area contributed by atoms with Gasteiger partial charge in [-0.1, -0.05) is 6.07 Å². The molecule has 0 fully saturated rings. The van der Waals surface area contributed by atoms with Crippen LogP contribution in [0.4, 0.5) is 9.39 Å². The van der Waals surface area contributed by atoms with E-state index in [1.54, 1.807) is 0 Å². The van der Waals surface area contributed by atoms with Crippen LogP contribution in [0.3, 0.4) is 0 Å². The second-order valence-corrected chi connectivity index (χ2v) is 7.09. The fourth-order valence-electron chi connectivity index (χ4n) is 2.82. The zero-order valence-corrected chi connectivity index (χ0v) is 15.2. The lowest BCUT2D eigenvalue weighted by Crippen LogP contribution is -2.23. The monoisotopic (exact) mass is 388 g/mol. The van der Waals surface area contributed by atoms with Gasteiger partial charge in [0.15, 0.2) is 13.2 Å². The standard InChI is InChI=1S/C19H17FN2O4S/c20-12-4-3-5-13(8-12)25-11-18(24)26-10-17(23)22-19-15(9-21)14-6-1-2-7-16(14)27-19/h3-5,8H,1-2,6-7,10-11H2,(H,22,23). The average molecular weight is 388 g/mol. The number of hydrogen-bond acceptors (Lipinski definition) is 6. The summed E-state index contributed by atoms with van der Waals surface area (Å²) >= 11 is 1.40. The molecule has 0 atom stereocenters. The van der Waals surface area contributed by atoms with Gasteiger partial charge >= 0.3 is 5.97 Å². The van der Waals surface area contributed by atoms with E-state index >= 15 is 0 Å². The molecule has 2 aromatic rings. The van der Waals surface area contributed by atoms with Gasteiger partial charge in [0, 0.05) is 10.9 Å². The van der Waals surface area contributed by atoms with Crippen molar-refractivity contribution in [1.29, 1.82) is 5.26 Å². The Bertz CT molecular complexity index is 904. The van der Waals surface area contributed by atoms with Crippen LogP contribution in [0.25, 0.3) is 0 Å². The Morgan fingerprint density at radius 3 is 2.85 bits per heavy atom. The van der Waals surface area contributed by atoms with E-state index in [9.17, 15) is 19.2 Å². The van der Waals surface area contributed by atoms with Crippen LogP contribution in [0.15, 0.2) is 24.3 Å². The molecule has 0 spiro atoms. The van der Waals surface area contributed by atoms with E-state index in [4.69, 9.17) is 9.47 Å². The van der Waals surface area contributed by atoms with E-state index in [1.807, 2.05) is 0 Å². The first-order valence-electron chi connectivity index (χ1n) is 8.45. The van der Waals surface area contributed by atoms with Gasteiger partial charge in [0.2, 0.25) is 0 Å². The lowest BCUT2D eigenvalue weighted by molar-refractivity contribution is -0.149. The second kappa shape index (κ2) is 8.64. The van der Waals surface area contributed by atoms with Crippen molar-refractivity contribution in [2.75, 3.05) is 18.5 Å². The Labute approximate surface area is 159 Å². The maximum atomic E-state index is 13.0. The predicted molar refractivity (Wildman–Crippen MR) is 97.2 cm³/mol. The molecule has 1 N–H and O–H groups in total. The third kappa shape index (κ3) is 4.83. The molecular weight excluding hydrogens is 371 g/mol. The topological polar surface area (TPSA) is 88.4 Å². The van der Waals surface area contributed by atoms with E-state index in [1.165, 1.54) is 29.5 Å². The predicted octanol–water partition coefficient (Wildman–Crippen LogP) is 3.20. The minimum Gasteiger partial charge on any atom is -0.482 e.